The first-order chi connectivity index (χ1) is 42.0. The maximum Gasteiger partial charge on any atom is 0.472 e. The van der Waals surface area contributed by atoms with E-state index in [2.05, 4.69) is 50.3 Å². The third-order valence-electron chi connectivity index (χ3n) is 17.1. The molecule has 0 aromatic rings. The third kappa shape index (κ3) is 71.3. The van der Waals surface area contributed by atoms with Crippen LogP contribution in [0.5, 0.6) is 0 Å². The van der Waals surface area contributed by atoms with Crippen LogP contribution in [0.15, 0.2) is 36.5 Å². The average Bonchev–Trinajstić information content (AvgIpc) is 3.67. The van der Waals surface area contributed by atoms with Gasteiger partial charge in [0.15, 0.2) is 6.10 Å². The lowest BCUT2D eigenvalue weighted by atomic mass is 10.0. The summed E-state index contributed by atoms with van der Waals surface area (Å²) in [4.78, 5) is 35.9. The van der Waals surface area contributed by atoms with E-state index in [0.29, 0.717) is 23.9 Å². The molecule has 0 rings (SSSR count). The molecule has 0 aromatic carbocycles. The summed E-state index contributed by atoms with van der Waals surface area (Å²) in [5, 5.41) is 0. The molecule has 0 heterocycles. The summed E-state index contributed by atoms with van der Waals surface area (Å²) in [6.45, 7) is 4.50. The molecule has 2 atom stereocenters. The SMILES string of the molecule is CCCCCCC/C=C\C/C=C\CCCCCCCCCCCCCCCCCCCCCCCCCCCC(=O)OC(COC(=O)CCCCCCCCCCCCCCC/C=C\CCCCCCCCCC)COP(=O)(O)OCC[N+](C)(C)C. The molecule has 0 aliphatic rings. The van der Waals surface area contributed by atoms with Gasteiger partial charge in [-0.3, -0.25) is 18.6 Å². The topological polar surface area (TPSA) is 108 Å². The number of phosphoric ester groups is 1. The lowest BCUT2D eigenvalue weighted by Gasteiger charge is -2.24. The minimum absolute atomic E-state index is 0.0349. The molecule has 0 amide bonds. The lowest BCUT2D eigenvalue weighted by molar-refractivity contribution is -0.870. The Balaban J connectivity index is 3.93. The zero-order valence-corrected chi connectivity index (χ0v) is 59.0. The van der Waals surface area contributed by atoms with Gasteiger partial charge in [0.05, 0.1) is 27.7 Å². The molecular formula is C76H147NO8P+. The Morgan fingerprint density at radius 1 is 0.360 bits per heavy atom. The van der Waals surface area contributed by atoms with Gasteiger partial charge in [-0.1, -0.05) is 339 Å². The second-order valence-corrected chi connectivity index (χ2v) is 28.5. The Kier molecular flexibility index (Phi) is 66.2. The number of carbonyl (C=O) groups excluding carboxylic acids is 2. The Morgan fingerprint density at radius 3 is 0.930 bits per heavy atom. The number of unbranched alkanes of at least 4 members (excludes halogenated alkanes) is 51. The van der Waals surface area contributed by atoms with Gasteiger partial charge in [-0.25, -0.2) is 4.57 Å². The van der Waals surface area contributed by atoms with Crippen molar-refractivity contribution in [1.82, 2.24) is 0 Å². The number of allylic oxidation sites excluding steroid dienone is 6. The fourth-order valence-corrected chi connectivity index (χ4v) is 12.1. The molecule has 0 saturated heterocycles. The van der Waals surface area contributed by atoms with Gasteiger partial charge in [-0.05, 0) is 70.6 Å². The van der Waals surface area contributed by atoms with Crippen LogP contribution in [0.25, 0.3) is 0 Å². The Labute approximate surface area is 535 Å². The van der Waals surface area contributed by atoms with E-state index < -0.39 is 26.5 Å². The van der Waals surface area contributed by atoms with Gasteiger partial charge >= 0.3 is 19.8 Å². The maximum atomic E-state index is 12.9. The molecule has 0 saturated carbocycles. The van der Waals surface area contributed by atoms with Crippen LogP contribution in [0, 0.1) is 0 Å². The van der Waals surface area contributed by atoms with Crippen LogP contribution in [0.2, 0.25) is 0 Å². The number of hydrogen-bond donors (Lipinski definition) is 1. The van der Waals surface area contributed by atoms with E-state index in [-0.39, 0.29) is 25.6 Å². The average molecular weight is 1230 g/mol. The minimum atomic E-state index is -4.39. The molecule has 86 heavy (non-hydrogen) atoms. The van der Waals surface area contributed by atoms with Crippen molar-refractivity contribution in [3.05, 3.63) is 36.5 Å². The molecule has 9 nitrogen and oxygen atoms in total. The van der Waals surface area contributed by atoms with Gasteiger partial charge in [0.1, 0.15) is 19.8 Å². The highest BCUT2D eigenvalue weighted by molar-refractivity contribution is 7.47. The number of carbonyl (C=O) groups is 2. The van der Waals surface area contributed by atoms with Crippen molar-refractivity contribution < 1.29 is 42.1 Å². The summed E-state index contributed by atoms with van der Waals surface area (Å²) in [5.74, 6) is -0.774. The van der Waals surface area contributed by atoms with Crippen LogP contribution < -0.4 is 0 Å². The molecule has 0 aliphatic heterocycles. The molecule has 0 bridgehead atoms. The fourth-order valence-electron chi connectivity index (χ4n) is 11.3. The Morgan fingerprint density at radius 2 is 0.628 bits per heavy atom. The van der Waals surface area contributed by atoms with Crippen LogP contribution in [-0.4, -0.2) is 74.9 Å². The smallest absolute Gasteiger partial charge is 0.462 e. The fraction of sp³-hybridized carbons (Fsp3) is 0.895. The molecule has 10 heteroatoms. The van der Waals surface area contributed by atoms with Crippen molar-refractivity contribution in [3.8, 4) is 0 Å². The quantitative estimate of drug-likeness (QED) is 0.0211. The first-order valence-electron chi connectivity index (χ1n) is 37.7. The summed E-state index contributed by atoms with van der Waals surface area (Å²) >= 11 is 0. The molecular weight excluding hydrogens is 1090 g/mol. The van der Waals surface area contributed by atoms with Crippen molar-refractivity contribution in [1.29, 1.82) is 0 Å². The van der Waals surface area contributed by atoms with Gasteiger partial charge < -0.3 is 18.9 Å². The Bertz CT molecular complexity index is 1540. The van der Waals surface area contributed by atoms with E-state index in [0.717, 1.165) is 38.5 Å². The van der Waals surface area contributed by atoms with E-state index in [1.165, 1.54) is 315 Å². The van der Waals surface area contributed by atoms with Gasteiger partial charge in [-0.2, -0.15) is 0 Å². The normalized spacial score (nSPS) is 13.2. The summed E-state index contributed by atoms with van der Waals surface area (Å²) in [6, 6.07) is 0. The van der Waals surface area contributed by atoms with Gasteiger partial charge in [0, 0.05) is 12.8 Å². The van der Waals surface area contributed by atoms with E-state index >= 15 is 0 Å². The maximum absolute atomic E-state index is 12.9. The number of likely N-dealkylation sites (N-methyl/N-ethyl adjacent to an activating group) is 1. The number of esters is 2. The molecule has 0 aromatic heterocycles. The molecule has 0 fully saturated rings. The largest absolute Gasteiger partial charge is 0.472 e. The van der Waals surface area contributed by atoms with Crippen molar-refractivity contribution in [2.45, 2.75) is 392 Å². The van der Waals surface area contributed by atoms with Crippen LogP contribution in [-0.2, 0) is 32.7 Å². The van der Waals surface area contributed by atoms with E-state index in [9.17, 15) is 19.0 Å². The highest BCUT2D eigenvalue weighted by Gasteiger charge is 2.27. The van der Waals surface area contributed by atoms with Crippen LogP contribution in [0.3, 0.4) is 0 Å². The molecule has 0 spiro atoms. The van der Waals surface area contributed by atoms with E-state index in [1.54, 1.807) is 0 Å². The van der Waals surface area contributed by atoms with Crippen LogP contribution in [0.1, 0.15) is 386 Å². The zero-order valence-electron chi connectivity index (χ0n) is 58.1. The van der Waals surface area contributed by atoms with Crippen LogP contribution >= 0.6 is 7.82 Å². The van der Waals surface area contributed by atoms with E-state index in [4.69, 9.17) is 18.5 Å². The summed E-state index contributed by atoms with van der Waals surface area (Å²) < 4.78 is 34.8. The number of rotatable bonds is 71. The second-order valence-electron chi connectivity index (χ2n) is 27.0. The molecule has 0 radical (unpaired) electrons. The van der Waals surface area contributed by atoms with Crippen molar-refractivity contribution in [2.24, 2.45) is 0 Å². The van der Waals surface area contributed by atoms with Crippen LogP contribution in [0.4, 0.5) is 0 Å². The summed E-state index contributed by atoms with van der Waals surface area (Å²) in [6.07, 6.45) is 87.1. The first kappa shape index (κ1) is 84.2. The third-order valence-corrected chi connectivity index (χ3v) is 18.1. The first-order valence-corrected chi connectivity index (χ1v) is 39.2. The number of nitrogens with zero attached hydrogens (tertiary/aromatic N) is 1. The summed E-state index contributed by atoms with van der Waals surface area (Å²) in [5.41, 5.74) is 0. The van der Waals surface area contributed by atoms with Crippen molar-refractivity contribution in [2.75, 3.05) is 47.5 Å². The van der Waals surface area contributed by atoms with E-state index in [1.807, 2.05) is 21.1 Å². The predicted molar refractivity (Wildman–Crippen MR) is 372 cm³/mol. The highest BCUT2D eigenvalue weighted by atomic mass is 31.2. The number of quaternary nitrogens is 1. The highest BCUT2D eigenvalue weighted by Crippen LogP contribution is 2.43. The molecule has 1 N–H and O–H groups in total. The summed E-state index contributed by atoms with van der Waals surface area (Å²) in [7, 11) is 1.50. The van der Waals surface area contributed by atoms with Gasteiger partial charge in [-0.15, -0.1) is 0 Å². The number of ether oxygens (including phenoxy) is 2. The van der Waals surface area contributed by atoms with Crippen molar-refractivity contribution >= 4 is 19.8 Å². The predicted octanol–water partition coefficient (Wildman–Crippen LogP) is 24.6. The van der Waals surface area contributed by atoms with Crippen molar-refractivity contribution in [3.63, 3.8) is 0 Å². The molecule has 0 aliphatic carbocycles. The zero-order chi connectivity index (χ0) is 62.6. The Hall–Kier alpha value is -1.77. The lowest BCUT2D eigenvalue weighted by Crippen LogP contribution is -2.37. The number of phosphoric acid groups is 1. The monoisotopic (exact) mass is 1230 g/mol. The molecule has 508 valence electrons. The second kappa shape index (κ2) is 67.6. The number of hydrogen-bond acceptors (Lipinski definition) is 7. The van der Waals surface area contributed by atoms with Gasteiger partial charge in [0.2, 0.25) is 0 Å². The van der Waals surface area contributed by atoms with Gasteiger partial charge in [0.25, 0.3) is 0 Å². The standard InChI is InChI=1S/C76H146NO8P/c1-6-8-10-12-14-16-18-20-22-24-26-28-30-32-33-34-35-36-37-38-39-40-41-42-43-45-47-49-51-53-55-57-59-61-63-65-67-69-76(79)85-74(73-84-86(80,81)83-71-70-77(3,4)5)72-82-75(78)68-66-64-62-60-58-56-54-52-50-48-46-44-31-29-27-25-23-21-19-17-15-13-11-9-7-2/h18,20,24-27,74H,6-17,19,21-23,28-73H2,1-5H3/p+1/b20-18-,26-24-,27-25-. The molecule has 2 unspecified atom stereocenters. The minimum Gasteiger partial charge on any atom is -0.462 e.